The topological polar surface area (TPSA) is 54.9 Å². The zero-order valence-electron chi connectivity index (χ0n) is 9.53. The van der Waals surface area contributed by atoms with E-state index in [9.17, 15) is 4.79 Å². The fourth-order valence-corrected chi connectivity index (χ4v) is 3.38. The molecule has 0 spiro atoms. The largest absolute Gasteiger partial charge is 0.296 e. The first-order valence-electron chi connectivity index (χ1n) is 5.07. The highest BCUT2D eigenvalue weighted by atomic mass is 35.5. The van der Waals surface area contributed by atoms with Gasteiger partial charge in [-0.2, -0.15) is 0 Å². The van der Waals surface area contributed by atoms with Crippen LogP contribution in [-0.2, 0) is 0 Å². The molecule has 0 aliphatic carbocycles. The van der Waals surface area contributed by atoms with Crippen molar-refractivity contribution >= 4 is 56.9 Å². The molecular weight excluding hydrogens is 313 g/mol. The third-order valence-electron chi connectivity index (χ3n) is 2.06. The molecule has 2 aromatic heterocycles. The van der Waals surface area contributed by atoms with Crippen molar-refractivity contribution in [1.29, 1.82) is 0 Å². The van der Waals surface area contributed by atoms with Crippen molar-refractivity contribution in [3.05, 3.63) is 25.3 Å². The SMILES string of the molecule is CC(C)c1nnc(NC(=O)c2cc(Cl)sc2Cl)s1. The molecule has 1 N–H and O–H groups in total. The number of aromatic nitrogens is 2. The van der Waals surface area contributed by atoms with Gasteiger partial charge in [0.25, 0.3) is 5.91 Å². The molecule has 0 saturated heterocycles. The second kappa shape index (κ2) is 5.52. The van der Waals surface area contributed by atoms with Crippen LogP contribution in [0.3, 0.4) is 0 Å². The number of amides is 1. The highest BCUT2D eigenvalue weighted by Gasteiger charge is 2.16. The number of anilines is 1. The maximum absolute atomic E-state index is 11.9. The van der Waals surface area contributed by atoms with Gasteiger partial charge in [-0.15, -0.1) is 21.5 Å². The van der Waals surface area contributed by atoms with Crippen LogP contribution >= 0.6 is 45.9 Å². The van der Waals surface area contributed by atoms with E-state index in [1.165, 1.54) is 17.4 Å². The number of thiophene rings is 1. The van der Waals surface area contributed by atoms with Crippen molar-refractivity contribution in [1.82, 2.24) is 10.2 Å². The Morgan fingerprint density at radius 1 is 1.33 bits per heavy atom. The van der Waals surface area contributed by atoms with Crippen molar-refractivity contribution in [2.45, 2.75) is 19.8 Å². The lowest BCUT2D eigenvalue weighted by atomic mass is 10.2. The van der Waals surface area contributed by atoms with Crippen molar-refractivity contribution in [2.75, 3.05) is 5.32 Å². The van der Waals surface area contributed by atoms with Crippen LogP contribution in [-0.4, -0.2) is 16.1 Å². The minimum atomic E-state index is -0.324. The van der Waals surface area contributed by atoms with Gasteiger partial charge < -0.3 is 0 Å². The predicted molar refractivity (Wildman–Crippen MR) is 76.3 cm³/mol. The number of halogens is 2. The molecule has 0 fully saturated rings. The highest BCUT2D eigenvalue weighted by Crippen LogP contribution is 2.32. The average molecular weight is 322 g/mol. The quantitative estimate of drug-likeness (QED) is 0.917. The average Bonchev–Trinajstić information content (AvgIpc) is 2.85. The van der Waals surface area contributed by atoms with E-state index in [-0.39, 0.29) is 11.8 Å². The van der Waals surface area contributed by atoms with E-state index in [2.05, 4.69) is 15.5 Å². The molecule has 8 heteroatoms. The van der Waals surface area contributed by atoms with Crippen molar-refractivity contribution < 1.29 is 4.79 Å². The van der Waals surface area contributed by atoms with E-state index in [1.54, 1.807) is 0 Å². The predicted octanol–water partition coefficient (Wildman–Crippen LogP) is 4.28. The van der Waals surface area contributed by atoms with Gasteiger partial charge in [0.05, 0.1) is 9.90 Å². The summed E-state index contributed by atoms with van der Waals surface area (Å²) in [5, 5.41) is 11.9. The van der Waals surface area contributed by atoms with Crippen LogP contribution in [0.5, 0.6) is 0 Å². The molecule has 0 aliphatic rings. The van der Waals surface area contributed by atoms with E-state index in [4.69, 9.17) is 23.2 Å². The monoisotopic (exact) mass is 321 g/mol. The first-order chi connectivity index (χ1) is 8.47. The Morgan fingerprint density at radius 2 is 2.06 bits per heavy atom. The number of rotatable bonds is 3. The maximum Gasteiger partial charge on any atom is 0.259 e. The fourth-order valence-electron chi connectivity index (χ4n) is 1.18. The van der Waals surface area contributed by atoms with Gasteiger partial charge in [-0.05, 0) is 6.07 Å². The van der Waals surface area contributed by atoms with Gasteiger partial charge in [0.15, 0.2) is 0 Å². The minimum absolute atomic E-state index is 0.285. The summed E-state index contributed by atoms with van der Waals surface area (Å²) in [5.41, 5.74) is 0.355. The van der Waals surface area contributed by atoms with Crippen LogP contribution in [0.15, 0.2) is 6.07 Å². The molecule has 0 unspecified atom stereocenters. The normalized spacial score (nSPS) is 10.9. The van der Waals surface area contributed by atoms with Crippen LogP contribution in [0.4, 0.5) is 5.13 Å². The van der Waals surface area contributed by atoms with E-state index >= 15 is 0 Å². The molecule has 2 aromatic rings. The number of hydrogen-bond acceptors (Lipinski definition) is 5. The van der Waals surface area contributed by atoms with Gasteiger partial charge in [0.1, 0.15) is 9.34 Å². The second-order valence-corrected chi connectivity index (χ2v) is 7.09. The van der Waals surface area contributed by atoms with E-state index in [0.29, 0.717) is 19.4 Å². The van der Waals surface area contributed by atoms with Crippen LogP contribution < -0.4 is 5.32 Å². The third-order valence-corrected chi connectivity index (χ3v) is 4.68. The lowest BCUT2D eigenvalue weighted by Crippen LogP contribution is -2.11. The highest BCUT2D eigenvalue weighted by molar-refractivity contribution is 7.20. The summed E-state index contributed by atoms with van der Waals surface area (Å²) in [7, 11) is 0. The molecule has 0 aromatic carbocycles. The summed E-state index contributed by atoms with van der Waals surface area (Å²) >= 11 is 14.2. The Bertz CT molecular complexity index is 579. The van der Waals surface area contributed by atoms with E-state index in [0.717, 1.165) is 16.3 Å². The van der Waals surface area contributed by atoms with Crippen molar-refractivity contribution in [2.24, 2.45) is 0 Å². The fraction of sp³-hybridized carbons (Fsp3) is 0.300. The first kappa shape index (κ1) is 13.7. The molecule has 0 radical (unpaired) electrons. The number of carbonyl (C=O) groups excluding carboxylic acids is 1. The Hall–Kier alpha value is -0.690. The molecule has 2 rings (SSSR count). The van der Waals surface area contributed by atoms with Gasteiger partial charge in [0, 0.05) is 5.92 Å². The number of carbonyl (C=O) groups is 1. The molecule has 1 amide bonds. The van der Waals surface area contributed by atoms with Gasteiger partial charge in [-0.25, -0.2) is 0 Å². The Kier molecular flexibility index (Phi) is 4.21. The van der Waals surface area contributed by atoms with E-state index < -0.39 is 0 Å². The summed E-state index contributed by atoms with van der Waals surface area (Å²) < 4.78 is 0.844. The van der Waals surface area contributed by atoms with Crippen LogP contribution in [0.2, 0.25) is 8.67 Å². The third kappa shape index (κ3) is 3.00. The molecule has 0 bridgehead atoms. The maximum atomic E-state index is 11.9. The van der Waals surface area contributed by atoms with Crippen molar-refractivity contribution in [3.63, 3.8) is 0 Å². The van der Waals surface area contributed by atoms with Gasteiger partial charge in [0.2, 0.25) is 5.13 Å². The van der Waals surface area contributed by atoms with Gasteiger partial charge in [-0.3, -0.25) is 10.1 Å². The Labute approximate surface area is 122 Å². The number of nitrogens with zero attached hydrogens (tertiary/aromatic N) is 2. The summed E-state index contributed by atoms with van der Waals surface area (Å²) in [6, 6.07) is 1.54. The summed E-state index contributed by atoms with van der Waals surface area (Å²) in [4.78, 5) is 11.9. The smallest absolute Gasteiger partial charge is 0.259 e. The zero-order chi connectivity index (χ0) is 13.3. The molecule has 2 heterocycles. The lowest BCUT2D eigenvalue weighted by Gasteiger charge is -1.98. The second-order valence-electron chi connectivity index (χ2n) is 3.79. The molecule has 0 saturated carbocycles. The van der Waals surface area contributed by atoms with Crippen LogP contribution in [0.25, 0.3) is 0 Å². The van der Waals surface area contributed by atoms with Crippen molar-refractivity contribution in [3.8, 4) is 0 Å². The van der Waals surface area contributed by atoms with E-state index in [1.807, 2.05) is 13.8 Å². The molecule has 96 valence electrons. The Balaban J connectivity index is 2.13. The first-order valence-corrected chi connectivity index (χ1v) is 7.46. The standard InChI is InChI=1S/C10H9Cl2N3OS2/c1-4(2)9-14-15-10(18-9)13-8(16)5-3-6(11)17-7(5)12/h3-4H,1-2H3,(H,13,15,16). The van der Waals surface area contributed by atoms with Crippen LogP contribution in [0, 0.1) is 0 Å². The molecule has 0 aliphatic heterocycles. The summed E-state index contributed by atoms with van der Waals surface area (Å²) in [6.07, 6.45) is 0. The number of nitrogens with one attached hydrogen (secondary N) is 1. The lowest BCUT2D eigenvalue weighted by molar-refractivity contribution is 0.102. The van der Waals surface area contributed by atoms with Gasteiger partial charge >= 0.3 is 0 Å². The molecule has 18 heavy (non-hydrogen) atoms. The van der Waals surface area contributed by atoms with Crippen LogP contribution in [0.1, 0.15) is 35.1 Å². The zero-order valence-corrected chi connectivity index (χ0v) is 12.7. The summed E-state index contributed by atoms with van der Waals surface area (Å²) in [5.74, 6) is -0.0399. The summed E-state index contributed by atoms with van der Waals surface area (Å²) in [6.45, 7) is 4.03. The molecule has 0 atom stereocenters. The minimum Gasteiger partial charge on any atom is -0.296 e. The molecular formula is C10H9Cl2N3OS2. The number of hydrogen-bond donors (Lipinski definition) is 1. The Morgan fingerprint density at radius 3 is 2.56 bits per heavy atom. The molecule has 4 nitrogen and oxygen atoms in total. The van der Waals surface area contributed by atoms with Gasteiger partial charge in [-0.1, -0.05) is 48.4 Å².